The zero-order valence-corrected chi connectivity index (χ0v) is 10.2. The minimum absolute atomic E-state index is 0.0938. The molecule has 0 atom stereocenters. The molecule has 98 valence electrons. The highest BCUT2D eigenvalue weighted by Gasteiger charge is 2.10. The molecule has 0 fully saturated rings. The van der Waals surface area contributed by atoms with Crippen molar-refractivity contribution < 1.29 is 15.0 Å². The second-order valence-electron chi connectivity index (χ2n) is 4.02. The highest BCUT2D eigenvalue weighted by Crippen LogP contribution is 2.17. The van der Waals surface area contributed by atoms with Crippen molar-refractivity contribution in [3.05, 3.63) is 53.9 Å². The number of nitrogens with one attached hydrogen (secondary N) is 1. The van der Waals surface area contributed by atoms with E-state index in [2.05, 4.69) is 10.3 Å². The van der Waals surface area contributed by atoms with Crippen molar-refractivity contribution in [3.63, 3.8) is 0 Å². The van der Waals surface area contributed by atoms with Crippen molar-refractivity contribution in [2.24, 2.45) is 0 Å². The van der Waals surface area contributed by atoms with Crippen LogP contribution in [0.25, 0.3) is 0 Å². The zero-order valence-electron chi connectivity index (χ0n) is 10.2. The van der Waals surface area contributed by atoms with Crippen molar-refractivity contribution >= 4 is 11.6 Å². The number of aliphatic hydroxyl groups is 1. The van der Waals surface area contributed by atoms with Crippen LogP contribution in [0.1, 0.15) is 15.9 Å². The molecule has 2 rings (SSSR count). The van der Waals surface area contributed by atoms with Gasteiger partial charge in [0.05, 0.1) is 11.8 Å². The van der Waals surface area contributed by atoms with Gasteiger partial charge in [0.15, 0.2) is 0 Å². The topological polar surface area (TPSA) is 82.5 Å². The molecular weight excluding hydrogens is 244 g/mol. The average Bonchev–Trinajstić information content (AvgIpc) is 2.42. The van der Waals surface area contributed by atoms with E-state index in [4.69, 9.17) is 5.11 Å². The summed E-state index contributed by atoms with van der Waals surface area (Å²) in [6, 6.07) is 8.61. The van der Waals surface area contributed by atoms with E-state index in [9.17, 15) is 9.90 Å². The van der Waals surface area contributed by atoms with Crippen LogP contribution in [0.4, 0.5) is 5.69 Å². The Morgan fingerprint density at radius 2 is 1.95 bits per heavy atom. The second kappa shape index (κ2) is 5.97. The number of anilines is 1. The van der Waals surface area contributed by atoms with Crippen LogP contribution in [-0.4, -0.2) is 27.7 Å². The van der Waals surface area contributed by atoms with Crippen LogP contribution in [0.3, 0.4) is 0 Å². The van der Waals surface area contributed by atoms with Crippen LogP contribution < -0.4 is 5.32 Å². The predicted molar refractivity (Wildman–Crippen MR) is 71.1 cm³/mol. The van der Waals surface area contributed by atoms with Gasteiger partial charge in [0, 0.05) is 18.5 Å². The molecule has 0 aliphatic carbocycles. The lowest BCUT2D eigenvalue weighted by molar-refractivity contribution is 0.102. The first kappa shape index (κ1) is 13.0. The van der Waals surface area contributed by atoms with E-state index in [0.29, 0.717) is 12.1 Å². The Balaban J connectivity index is 2.09. The van der Waals surface area contributed by atoms with Gasteiger partial charge in [0.25, 0.3) is 5.91 Å². The summed E-state index contributed by atoms with van der Waals surface area (Å²) in [5.41, 5.74) is 1.80. The molecular formula is C14H14N2O3. The highest BCUT2D eigenvalue weighted by atomic mass is 16.3. The molecule has 0 saturated carbocycles. The minimum atomic E-state index is -0.394. The normalized spacial score (nSPS) is 10.2. The Morgan fingerprint density at radius 1 is 1.21 bits per heavy atom. The molecule has 0 radical (unpaired) electrons. The van der Waals surface area contributed by atoms with Gasteiger partial charge < -0.3 is 15.5 Å². The summed E-state index contributed by atoms with van der Waals surface area (Å²) in [7, 11) is 0. The molecule has 1 aromatic carbocycles. The first-order valence-electron chi connectivity index (χ1n) is 5.85. The molecule has 1 heterocycles. The number of rotatable bonds is 4. The Kier molecular flexibility index (Phi) is 4.10. The fourth-order valence-electron chi connectivity index (χ4n) is 1.66. The number of benzene rings is 1. The molecule has 19 heavy (non-hydrogen) atoms. The Hall–Kier alpha value is -2.40. The Morgan fingerprint density at radius 3 is 2.58 bits per heavy atom. The largest absolute Gasteiger partial charge is 0.505 e. The summed E-state index contributed by atoms with van der Waals surface area (Å²) in [4.78, 5) is 15.6. The van der Waals surface area contributed by atoms with Gasteiger partial charge >= 0.3 is 0 Å². The first-order valence-corrected chi connectivity index (χ1v) is 5.85. The molecule has 1 amide bonds. The predicted octanol–water partition coefficient (Wildman–Crippen LogP) is 1.57. The van der Waals surface area contributed by atoms with Gasteiger partial charge in [-0.25, -0.2) is 0 Å². The Labute approximate surface area is 110 Å². The van der Waals surface area contributed by atoms with E-state index >= 15 is 0 Å². The lowest BCUT2D eigenvalue weighted by atomic mass is 10.1. The SMILES string of the molecule is O=C(Nc1ccc(CCO)cc1)c1ccncc1O. The number of aliphatic hydroxyl groups excluding tert-OH is 1. The van der Waals surface area contributed by atoms with Crippen LogP contribution >= 0.6 is 0 Å². The standard InChI is InChI=1S/C14H14N2O3/c17-8-6-10-1-3-11(4-2-10)16-14(19)12-5-7-15-9-13(12)18/h1-5,7,9,17-18H,6,8H2,(H,16,19). The molecule has 0 aliphatic heterocycles. The van der Waals surface area contributed by atoms with E-state index in [0.717, 1.165) is 5.56 Å². The smallest absolute Gasteiger partial charge is 0.259 e. The summed E-state index contributed by atoms with van der Waals surface area (Å²) in [5.74, 6) is -0.549. The fraction of sp³-hybridized carbons (Fsp3) is 0.143. The summed E-state index contributed by atoms with van der Waals surface area (Å²) >= 11 is 0. The summed E-state index contributed by atoms with van der Waals surface area (Å²) in [5, 5.41) is 21.0. The molecule has 0 unspecified atom stereocenters. The van der Waals surface area contributed by atoms with Crippen molar-refractivity contribution in [1.82, 2.24) is 4.98 Å². The number of amides is 1. The van der Waals surface area contributed by atoms with Crippen LogP contribution in [0.2, 0.25) is 0 Å². The van der Waals surface area contributed by atoms with Gasteiger partial charge in [-0.05, 0) is 30.2 Å². The summed E-state index contributed by atoms with van der Waals surface area (Å²) in [6.07, 6.45) is 3.25. The maximum atomic E-state index is 11.9. The van der Waals surface area contributed by atoms with Crippen LogP contribution in [0.15, 0.2) is 42.7 Å². The van der Waals surface area contributed by atoms with E-state index in [1.54, 1.807) is 12.1 Å². The number of nitrogens with zero attached hydrogens (tertiary/aromatic N) is 1. The van der Waals surface area contributed by atoms with Gasteiger partial charge in [-0.2, -0.15) is 0 Å². The van der Waals surface area contributed by atoms with Gasteiger partial charge in [-0.15, -0.1) is 0 Å². The number of hydrogen-bond donors (Lipinski definition) is 3. The van der Waals surface area contributed by atoms with Crippen LogP contribution in [0, 0.1) is 0 Å². The maximum absolute atomic E-state index is 11.9. The van der Waals surface area contributed by atoms with Gasteiger partial charge in [0.1, 0.15) is 5.75 Å². The first-order chi connectivity index (χ1) is 9.20. The second-order valence-corrected chi connectivity index (χ2v) is 4.02. The number of aromatic nitrogens is 1. The molecule has 3 N–H and O–H groups in total. The van der Waals surface area contributed by atoms with E-state index in [1.165, 1.54) is 18.5 Å². The van der Waals surface area contributed by atoms with Crippen LogP contribution in [0.5, 0.6) is 5.75 Å². The number of hydrogen-bond acceptors (Lipinski definition) is 4. The van der Waals surface area contributed by atoms with Crippen molar-refractivity contribution in [1.29, 1.82) is 0 Å². The van der Waals surface area contributed by atoms with Crippen molar-refractivity contribution in [3.8, 4) is 5.75 Å². The third-order valence-electron chi connectivity index (χ3n) is 2.66. The average molecular weight is 258 g/mol. The van der Waals surface area contributed by atoms with E-state index in [-0.39, 0.29) is 17.9 Å². The number of pyridine rings is 1. The molecule has 2 aromatic rings. The lowest BCUT2D eigenvalue weighted by Crippen LogP contribution is -2.12. The molecule has 0 saturated heterocycles. The quantitative estimate of drug-likeness (QED) is 0.777. The van der Waals surface area contributed by atoms with Gasteiger partial charge in [-0.3, -0.25) is 9.78 Å². The van der Waals surface area contributed by atoms with Gasteiger partial charge in [0.2, 0.25) is 0 Å². The van der Waals surface area contributed by atoms with E-state index < -0.39 is 5.91 Å². The molecule has 0 bridgehead atoms. The minimum Gasteiger partial charge on any atom is -0.505 e. The molecule has 0 spiro atoms. The third-order valence-corrected chi connectivity index (χ3v) is 2.66. The monoisotopic (exact) mass is 258 g/mol. The van der Waals surface area contributed by atoms with Gasteiger partial charge in [-0.1, -0.05) is 12.1 Å². The zero-order chi connectivity index (χ0) is 13.7. The number of aromatic hydroxyl groups is 1. The Bertz CT molecular complexity index is 567. The van der Waals surface area contributed by atoms with Crippen molar-refractivity contribution in [2.75, 3.05) is 11.9 Å². The van der Waals surface area contributed by atoms with Crippen LogP contribution in [-0.2, 0) is 6.42 Å². The number of carbonyl (C=O) groups is 1. The fourth-order valence-corrected chi connectivity index (χ4v) is 1.66. The summed E-state index contributed by atoms with van der Waals surface area (Å²) in [6.45, 7) is 0.0938. The third kappa shape index (κ3) is 3.29. The summed E-state index contributed by atoms with van der Waals surface area (Å²) < 4.78 is 0. The molecule has 5 nitrogen and oxygen atoms in total. The number of carbonyl (C=O) groups excluding carboxylic acids is 1. The molecule has 1 aromatic heterocycles. The molecule has 5 heteroatoms. The highest BCUT2D eigenvalue weighted by molar-refractivity contribution is 6.05. The van der Waals surface area contributed by atoms with E-state index in [1.807, 2.05) is 12.1 Å². The molecule has 0 aliphatic rings. The van der Waals surface area contributed by atoms with Crippen molar-refractivity contribution in [2.45, 2.75) is 6.42 Å². The maximum Gasteiger partial charge on any atom is 0.259 e. The lowest BCUT2D eigenvalue weighted by Gasteiger charge is -2.07.